The number of ether oxygens (including phenoxy) is 2. The largest absolute Gasteiger partial charge is 0.494 e. The molecule has 0 unspecified atom stereocenters. The van der Waals surface area contributed by atoms with Crippen LogP contribution < -0.4 is 9.64 Å². The number of carboxylic acid groups (broad SMARTS) is 1. The second kappa shape index (κ2) is 7.77. The number of hydrogen-bond donors (Lipinski definition) is 2. The minimum atomic E-state index is -0.880. The number of H-pyrrole nitrogens is 1. The van der Waals surface area contributed by atoms with Gasteiger partial charge in [-0.05, 0) is 12.1 Å². The van der Waals surface area contributed by atoms with Crippen molar-refractivity contribution in [1.29, 1.82) is 0 Å². The number of rotatable bonds is 3. The van der Waals surface area contributed by atoms with Crippen LogP contribution in [0.5, 0.6) is 5.75 Å². The number of aromatic amines is 1. The molecular weight excluding hydrogens is 406 g/mol. The SMILES string of the molecule is COc1ccc(N2CCOCC2)c2sc(-c3nc4c([nH]3)CCN(C(=O)O)CC4)nc12. The Morgan fingerprint density at radius 1 is 1.20 bits per heavy atom. The summed E-state index contributed by atoms with van der Waals surface area (Å²) in [6, 6.07) is 4.06. The van der Waals surface area contributed by atoms with Gasteiger partial charge in [0.2, 0.25) is 0 Å². The Balaban J connectivity index is 1.51. The number of methoxy groups -OCH3 is 1. The molecule has 2 aliphatic rings. The molecule has 0 radical (unpaired) electrons. The molecule has 4 heterocycles. The molecule has 3 aromatic rings. The molecule has 9 nitrogen and oxygen atoms in total. The van der Waals surface area contributed by atoms with E-state index in [9.17, 15) is 9.90 Å². The van der Waals surface area contributed by atoms with Gasteiger partial charge in [-0.1, -0.05) is 0 Å². The van der Waals surface area contributed by atoms with Gasteiger partial charge in [0.1, 0.15) is 11.3 Å². The summed E-state index contributed by atoms with van der Waals surface area (Å²) in [5.41, 5.74) is 3.90. The molecule has 158 valence electrons. The quantitative estimate of drug-likeness (QED) is 0.660. The number of nitrogens with one attached hydrogen (secondary N) is 1. The standard InChI is InChI=1S/C20H23N5O4S/c1-28-15-3-2-14(24-8-10-29-11-9-24)17-16(15)23-19(30-17)18-21-12-4-6-25(20(26)27)7-5-13(12)22-18/h2-3H,4-11H2,1H3,(H,21,22)(H,26,27). The van der Waals surface area contributed by atoms with Crippen LogP contribution in [0.1, 0.15) is 11.4 Å². The third-order valence-corrected chi connectivity index (χ3v) is 6.73. The van der Waals surface area contributed by atoms with Crippen molar-refractivity contribution in [2.75, 3.05) is 51.4 Å². The molecule has 5 rings (SSSR count). The van der Waals surface area contributed by atoms with Crippen LogP contribution in [0.4, 0.5) is 10.5 Å². The predicted octanol–water partition coefficient (Wildman–Crippen LogP) is 2.61. The third kappa shape index (κ3) is 3.35. The number of benzene rings is 1. The van der Waals surface area contributed by atoms with Gasteiger partial charge in [-0.25, -0.2) is 14.8 Å². The molecule has 2 aliphatic heterocycles. The summed E-state index contributed by atoms with van der Waals surface area (Å²) in [6.45, 7) is 4.07. The Bertz CT molecular complexity index is 1060. The monoisotopic (exact) mass is 429 g/mol. The Hall–Kier alpha value is -2.85. The van der Waals surface area contributed by atoms with Gasteiger partial charge in [0.15, 0.2) is 10.8 Å². The third-order valence-electron chi connectivity index (χ3n) is 5.65. The second-order valence-corrected chi connectivity index (χ2v) is 8.36. The molecule has 2 N–H and O–H groups in total. The zero-order valence-corrected chi connectivity index (χ0v) is 17.5. The van der Waals surface area contributed by atoms with Crippen LogP contribution in [0, 0.1) is 0 Å². The van der Waals surface area contributed by atoms with Crippen molar-refractivity contribution in [3.8, 4) is 16.6 Å². The molecule has 0 spiro atoms. The first kappa shape index (κ1) is 19.1. The average molecular weight is 430 g/mol. The highest BCUT2D eigenvalue weighted by Crippen LogP contribution is 2.40. The molecule has 10 heteroatoms. The van der Waals surface area contributed by atoms with Gasteiger partial charge >= 0.3 is 6.09 Å². The topological polar surface area (TPSA) is 104 Å². The first-order chi connectivity index (χ1) is 14.6. The Labute approximate surface area is 177 Å². The molecule has 30 heavy (non-hydrogen) atoms. The number of morpholine rings is 1. The van der Waals surface area contributed by atoms with Gasteiger partial charge in [-0.2, -0.15) is 0 Å². The Morgan fingerprint density at radius 2 is 2.00 bits per heavy atom. The number of amides is 1. The van der Waals surface area contributed by atoms with E-state index in [4.69, 9.17) is 19.4 Å². The summed E-state index contributed by atoms with van der Waals surface area (Å²) < 4.78 is 12.1. The Morgan fingerprint density at radius 3 is 2.77 bits per heavy atom. The van der Waals surface area contributed by atoms with Crippen LogP contribution >= 0.6 is 11.3 Å². The highest BCUT2D eigenvalue weighted by Gasteiger charge is 2.24. The highest BCUT2D eigenvalue weighted by molar-refractivity contribution is 7.22. The molecular formula is C20H23N5O4S. The number of hydrogen-bond acceptors (Lipinski definition) is 7. The van der Waals surface area contributed by atoms with E-state index in [1.807, 2.05) is 6.07 Å². The first-order valence-corrected chi connectivity index (χ1v) is 10.8. The lowest BCUT2D eigenvalue weighted by molar-refractivity contribution is 0.123. The molecule has 1 fully saturated rings. The van der Waals surface area contributed by atoms with E-state index in [2.05, 4.69) is 16.0 Å². The second-order valence-electron chi connectivity index (χ2n) is 7.36. The predicted molar refractivity (Wildman–Crippen MR) is 114 cm³/mol. The van der Waals surface area contributed by atoms with Crippen molar-refractivity contribution in [1.82, 2.24) is 19.9 Å². The lowest BCUT2D eigenvalue weighted by Gasteiger charge is -2.29. The number of aromatic nitrogens is 3. The summed E-state index contributed by atoms with van der Waals surface area (Å²) in [5.74, 6) is 1.48. The minimum absolute atomic E-state index is 0.460. The maximum absolute atomic E-state index is 11.3. The molecule has 0 bridgehead atoms. The van der Waals surface area contributed by atoms with Crippen LogP contribution in [-0.4, -0.2) is 77.6 Å². The van der Waals surface area contributed by atoms with Crippen molar-refractivity contribution in [2.45, 2.75) is 12.8 Å². The van der Waals surface area contributed by atoms with E-state index < -0.39 is 6.09 Å². The van der Waals surface area contributed by atoms with Gasteiger partial charge < -0.3 is 29.4 Å². The van der Waals surface area contributed by atoms with Crippen molar-refractivity contribution >= 4 is 33.3 Å². The van der Waals surface area contributed by atoms with E-state index >= 15 is 0 Å². The summed E-state index contributed by atoms with van der Waals surface area (Å²) in [5, 5.41) is 10.1. The van der Waals surface area contributed by atoms with Gasteiger partial charge in [0.25, 0.3) is 0 Å². The number of nitrogens with zero attached hydrogens (tertiary/aromatic N) is 4. The molecule has 2 aromatic heterocycles. The zero-order chi connectivity index (χ0) is 20.7. The van der Waals surface area contributed by atoms with Crippen LogP contribution in [0.25, 0.3) is 21.0 Å². The average Bonchev–Trinajstić information content (AvgIpc) is 3.33. The first-order valence-electron chi connectivity index (χ1n) is 10.0. The van der Waals surface area contributed by atoms with Gasteiger partial charge in [0, 0.05) is 44.7 Å². The molecule has 1 saturated heterocycles. The number of fused-ring (bicyclic) bond motifs is 2. The van der Waals surface area contributed by atoms with Crippen molar-refractivity contribution < 1.29 is 19.4 Å². The summed E-state index contributed by atoms with van der Waals surface area (Å²) in [7, 11) is 1.66. The van der Waals surface area contributed by atoms with Crippen molar-refractivity contribution in [3.05, 3.63) is 23.5 Å². The van der Waals surface area contributed by atoms with Crippen LogP contribution in [-0.2, 0) is 17.6 Å². The fourth-order valence-corrected chi connectivity index (χ4v) is 5.11. The fraction of sp³-hybridized carbons (Fsp3) is 0.450. The number of thiazole rings is 1. The molecule has 0 saturated carbocycles. The molecule has 1 amide bonds. The molecule has 0 aliphatic carbocycles. The van der Waals surface area contributed by atoms with E-state index in [1.165, 1.54) is 4.90 Å². The lowest BCUT2D eigenvalue weighted by Crippen LogP contribution is -2.36. The van der Waals surface area contributed by atoms with E-state index in [-0.39, 0.29) is 0 Å². The van der Waals surface area contributed by atoms with Gasteiger partial charge in [0.05, 0.1) is 36.4 Å². The van der Waals surface area contributed by atoms with Crippen LogP contribution in [0.3, 0.4) is 0 Å². The van der Waals surface area contributed by atoms with Crippen molar-refractivity contribution in [3.63, 3.8) is 0 Å². The molecule has 0 atom stereocenters. The van der Waals surface area contributed by atoms with Crippen LogP contribution in [0.15, 0.2) is 12.1 Å². The van der Waals surface area contributed by atoms with Gasteiger partial charge in [-0.3, -0.25) is 0 Å². The molecule has 1 aromatic carbocycles. The summed E-state index contributed by atoms with van der Waals surface area (Å²) in [4.78, 5) is 28.0. The maximum Gasteiger partial charge on any atom is 0.407 e. The lowest BCUT2D eigenvalue weighted by atomic mass is 10.2. The Kier molecular flexibility index (Phi) is 4.95. The maximum atomic E-state index is 11.3. The van der Waals surface area contributed by atoms with E-state index in [1.54, 1.807) is 18.4 Å². The smallest absolute Gasteiger partial charge is 0.407 e. The number of carbonyl (C=O) groups is 1. The fourth-order valence-electron chi connectivity index (χ4n) is 4.04. The van der Waals surface area contributed by atoms with E-state index in [0.717, 1.165) is 70.2 Å². The minimum Gasteiger partial charge on any atom is -0.494 e. The zero-order valence-electron chi connectivity index (χ0n) is 16.7. The number of anilines is 1. The normalized spacial score (nSPS) is 17.1. The number of imidazole rings is 1. The van der Waals surface area contributed by atoms with Crippen LogP contribution in [0.2, 0.25) is 0 Å². The van der Waals surface area contributed by atoms with Gasteiger partial charge in [-0.15, -0.1) is 11.3 Å². The highest BCUT2D eigenvalue weighted by atomic mass is 32.1. The summed E-state index contributed by atoms with van der Waals surface area (Å²) >= 11 is 1.60. The van der Waals surface area contributed by atoms with E-state index in [0.29, 0.717) is 25.9 Å². The summed E-state index contributed by atoms with van der Waals surface area (Å²) in [6.07, 6.45) is 0.349. The van der Waals surface area contributed by atoms with Crippen molar-refractivity contribution in [2.24, 2.45) is 0 Å².